The molecule has 0 heterocycles. The second-order valence-corrected chi connectivity index (χ2v) is 5.56. The van der Waals surface area contributed by atoms with Crippen LogP contribution in [0.5, 0.6) is 0 Å². The fourth-order valence-corrected chi connectivity index (χ4v) is 2.44. The monoisotopic (exact) mass is 318 g/mol. The van der Waals surface area contributed by atoms with Crippen molar-refractivity contribution in [3.05, 3.63) is 64.1 Å². The molecular formula is C16H19BrN2. The molecule has 0 aliphatic heterocycles. The smallest absolute Gasteiger partial charge is 0.0426 e. The maximum Gasteiger partial charge on any atom is 0.0426 e. The highest BCUT2D eigenvalue weighted by Gasteiger charge is 2.06. The van der Waals surface area contributed by atoms with Crippen molar-refractivity contribution in [2.75, 3.05) is 19.0 Å². The number of nitrogens with one attached hydrogen (secondary N) is 1. The molecule has 100 valence electrons. The Hall–Kier alpha value is -1.32. The molecule has 3 heteroatoms. The van der Waals surface area contributed by atoms with Gasteiger partial charge in [0.25, 0.3) is 0 Å². The molecule has 0 aliphatic rings. The van der Waals surface area contributed by atoms with Crippen molar-refractivity contribution in [2.45, 2.75) is 13.1 Å². The number of rotatable bonds is 5. The molecule has 0 saturated carbocycles. The van der Waals surface area contributed by atoms with Crippen molar-refractivity contribution in [3.63, 3.8) is 0 Å². The van der Waals surface area contributed by atoms with Crippen molar-refractivity contribution >= 4 is 21.6 Å². The first-order valence-corrected chi connectivity index (χ1v) is 7.18. The lowest BCUT2D eigenvalue weighted by atomic mass is 10.1. The number of hydrogen-bond donors (Lipinski definition) is 1. The molecule has 1 N–H and O–H groups in total. The van der Waals surface area contributed by atoms with Gasteiger partial charge in [0.1, 0.15) is 0 Å². The number of anilines is 1. The van der Waals surface area contributed by atoms with Crippen LogP contribution in [-0.2, 0) is 13.1 Å². The van der Waals surface area contributed by atoms with Crippen molar-refractivity contribution < 1.29 is 0 Å². The summed E-state index contributed by atoms with van der Waals surface area (Å²) < 4.78 is 1.12. The second-order valence-electron chi connectivity index (χ2n) is 4.64. The van der Waals surface area contributed by atoms with Gasteiger partial charge in [-0.05, 0) is 36.4 Å². The molecular weight excluding hydrogens is 300 g/mol. The SMILES string of the molecule is CNCc1ccccc1N(C)Cc1ccc(Br)cc1. The molecule has 19 heavy (non-hydrogen) atoms. The van der Waals surface area contributed by atoms with E-state index in [0.717, 1.165) is 17.6 Å². The van der Waals surface area contributed by atoms with E-state index in [1.165, 1.54) is 16.8 Å². The van der Waals surface area contributed by atoms with Gasteiger partial charge in [-0.2, -0.15) is 0 Å². The molecule has 0 aliphatic carbocycles. The minimum atomic E-state index is 0.890. The summed E-state index contributed by atoms with van der Waals surface area (Å²) >= 11 is 3.47. The van der Waals surface area contributed by atoms with Crippen LogP contribution in [0, 0.1) is 0 Å². The molecule has 0 fully saturated rings. The van der Waals surface area contributed by atoms with Gasteiger partial charge in [0, 0.05) is 30.3 Å². The van der Waals surface area contributed by atoms with E-state index in [2.05, 4.69) is 81.7 Å². The predicted octanol–water partition coefficient (Wildman–Crippen LogP) is 3.80. The molecule has 0 saturated heterocycles. The number of hydrogen-bond acceptors (Lipinski definition) is 2. The van der Waals surface area contributed by atoms with Crippen molar-refractivity contribution in [1.29, 1.82) is 0 Å². The molecule has 0 amide bonds. The maximum absolute atomic E-state index is 3.47. The van der Waals surface area contributed by atoms with Gasteiger partial charge in [0.05, 0.1) is 0 Å². The van der Waals surface area contributed by atoms with E-state index in [1.807, 2.05) is 7.05 Å². The Kier molecular flexibility index (Phi) is 5.00. The number of benzene rings is 2. The minimum Gasteiger partial charge on any atom is -0.370 e. The van der Waals surface area contributed by atoms with E-state index in [1.54, 1.807) is 0 Å². The van der Waals surface area contributed by atoms with Crippen LogP contribution < -0.4 is 10.2 Å². The zero-order valence-corrected chi connectivity index (χ0v) is 12.9. The first-order valence-electron chi connectivity index (χ1n) is 6.39. The number of para-hydroxylation sites is 1. The van der Waals surface area contributed by atoms with E-state index in [-0.39, 0.29) is 0 Å². The highest BCUT2D eigenvalue weighted by atomic mass is 79.9. The van der Waals surface area contributed by atoms with Gasteiger partial charge in [0.15, 0.2) is 0 Å². The van der Waals surface area contributed by atoms with E-state index in [0.29, 0.717) is 0 Å². The zero-order chi connectivity index (χ0) is 13.7. The van der Waals surface area contributed by atoms with E-state index in [9.17, 15) is 0 Å². The van der Waals surface area contributed by atoms with Crippen LogP contribution in [0.25, 0.3) is 0 Å². The van der Waals surface area contributed by atoms with Crippen LogP contribution in [0.3, 0.4) is 0 Å². The average molecular weight is 319 g/mol. The Morgan fingerprint density at radius 2 is 1.74 bits per heavy atom. The topological polar surface area (TPSA) is 15.3 Å². The molecule has 0 unspecified atom stereocenters. The van der Waals surface area contributed by atoms with E-state index in [4.69, 9.17) is 0 Å². The molecule has 0 radical (unpaired) electrons. The van der Waals surface area contributed by atoms with Crippen LogP contribution in [0.2, 0.25) is 0 Å². The number of halogens is 1. The molecule has 0 aromatic heterocycles. The van der Waals surface area contributed by atoms with Crippen LogP contribution in [0.1, 0.15) is 11.1 Å². The van der Waals surface area contributed by atoms with E-state index < -0.39 is 0 Å². The molecule has 0 atom stereocenters. The quantitative estimate of drug-likeness (QED) is 0.902. The lowest BCUT2D eigenvalue weighted by Crippen LogP contribution is -2.19. The molecule has 2 aromatic carbocycles. The Balaban J connectivity index is 2.15. The summed E-state index contributed by atoms with van der Waals surface area (Å²) in [7, 11) is 4.11. The van der Waals surface area contributed by atoms with Crippen molar-refractivity contribution in [2.24, 2.45) is 0 Å². The Labute approximate surface area is 123 Å². The third-order valence-electron chi connectivity index (χ3n) is 3.10. The van der Waals surface area contributed by atoms with Crippen molar-refractivity contribution in [3.8, 4) is 0 Å². The van der Waals surface area contributed by atoms with E-state index >= 15 is 0 Å². The molecule has 0 spiro atoms. The fraction of sp³-hybridized carbons (Fsp3) is 0.250. The summed E-state index contributed by atoms with van der Waals surface area (Å²) in [4.78, 5) is 2.29. The highest BCUT2D eigenvalue weighted by Crippen LogP contribution is 2.21. The maximum atomic E-state index is 3.47. The van der Waals surface area contributed by atoms with Crippen LogP contribution in [0.4, 0.5) is 5.69 Å². The second kappa shape index (κ2) is 6.73. The highest BCUT2D eigenvalue weighted by molar-refractivity contribution is 9.10. The summed E-state index contributed by atoms with van der Waals surface area (Å²) in [6.45, 7) is 1.80. The summed E-state index contributed by atoms with van der Waals surface area (Å²) in [6.07, 6.45) is 0. The van der Waals surface area contributed by atoms with Gasteiger partial charge < -0.3 is 10.2 Å². The first-order chi connectivity index (χ1) is 9.20. The Morgan fingerprint density at radius 3 is 2.42 bits per heavy atom. The Morgan fingerprint density at radius 1 is 1.05 bits per heavy atom. The van der Waals surface area contributed by atoms with Gasteiger partial charge in [-0.25, -0.2) is 0 Å². The van der Waals surface area contributed by atoms with Crippen LogP contribution in [0.15, 0.2) is 53.0 Å². The predicted molar refractivity (Wildman–Crippen MR) is 85.5 cm³/mol. The molecule has 2 aromatic rings. The summed E-state index contributed by atoms with van der Waals surface area (Å²) in [5, 5.41) is 3.22. The first kappa shape index (κ1) is 14.1. The Bertz CT molecular complexity index is 523. The van der Waals surface area contributed by atoms with Gasteiger partial charge in [-0.3, -0.25) is 0 Å². The summed E-state index contributed by atoms with van der Waals surface area (Å²) in [5.41, 5.74) is 3.91. The van der Waals surface area contributed by atoms with Crippen molar-refractivity contribution in [1.82, 2.24) is 5.32 Å². The van der Waals surface area contributed by atoms with Gasteiger partial charge >= 0.3 is 0 Å². The molecule has 0 bridgehead atoms. The average Bonchev–Trinajstić information content (AvgIpc) is 2.42. The summed E-state index contributed by atoms with van der Waals surface area (Å²) in [5.74, 6) is 0. The van der Waals surface area contributed by atoms with Gasteiger partial charge in [0.2, 0.25) is 0 Å². The lowest BCUT2D eigenvalue weighted by molar-refractivity contribution is 0.805. The normalized spacial score (nSPS) is 10.5. The third-order valence-corrected chi connectivity index (χ3v) is 3.63. The molecule has 2 nitrogen and oxygen atoms in total. The third kappa shape index (κ3) is 3.82. The standard InChI is InChI=1S/C16H19BrN2/c1-18-11-14-5-3-4-6-16(14)19(2)12-13-7-9-15(17)10-8-13/h3-10,18H,11-12H2,1-2H3. The van der Waals surface area contributed by atoms with Crippen LogP contribution >= 0.6 is 15.9 Å². The largest absolute Gasteiger partial charge is 0.370 e. The van der Waals surface area contributed by atoms with Crippen LogP contribution in [-0.4, -0.2) is 14.1 Å². The lowest BCUT2D eigenvalue weighted by Gasteiger charge is -2.22. The van der Waals surface area contributed by atoms with Gasteiger partial charge in [-0.1, -0.05) is 46.3 Å². The molecule has 2 rings (SSSR count). The van der Waals surface area contributed by atoms with Gasteiger partial charge in [-0.15, -0.1) is 0 Å². The minimum absolute atomic E-state index is 0.890. The zero-order valence-electron chi connectivity index (χ0n) is 11.4. The fourth-order valence-electron chi connectivity index (χ4n) is 2.17. The number of nitrogens with zero attached hydrogens (tertiary/aromatic N) is 1. The summed E-state index contributed by atoms with van der Waals surface area (Å²) in [6, 6.07) is 17.0.